The molecule has 0 atom stereocenters. The SMILES string of the molecule is CCOc1ccccc1OCC(=O)Nc1cc2c(cc1C(C)=O)OCO2. The largest absolute Gasteiger partial charge is 0.490 e. The number of anilines is 1. The van der Waals surface area contributed by atoms with Crippen molar-refractivity contribution in [1.82, 2.24) is 0 Å². The Morgan fingerprint density at radius 2 is 1.73 bits per heavy atom. The van der Waals surface area contributed by atoms with Crippen molar-refractivity contribution in [2.45, 2.75) is 13.8 Å². The minimum absolute atomic E-state index is 0.0847. The molecule has 0 unspecified atom stereocenters. The molecule has 7 heteroatoms. The van der Waals surface area contributed by atoms with E-state index in [1.165, 1.54) is 6.92 Å². The molecule has 1 amide bonds. The fraction of sp³-hybridized carbons (Fsp3) is 0.263. The van der Waals surface area contributed by atoms with Crippen molar-refractivity contribution < 1.29 is 28.5 Å². The first kappa shape index (κ1) is 17.6. The van der Waals surface area contributed by atoms with Gasteiger partial charge < -0.3 is 24.3 Å². The quantitative estimate of drug-likeness (QED) is 0.767. The van der Waals surface area contributed by atoms with Gasteiger partial charge in [-0.25, -0.2) is 0 Å². The fourth-order valence-corrected chi connectivity index (χ4v) is 2.51. The second kappa shape index (κ2) is 7.77. The van der Waals surface area contributed by atoms with E-state index in [1.54, 1.807) is 30.3 Å². The van der Waals surface area contributed by atoms with Crippen LogP contribution in [0.2, 0.25) is 0 Å². The lowest BCUT2D eigenvalue weighted by atomic mass is 10.1. The number of benzene rings is 2. The Kier molecular flexibility index (Phi) is 5.26. The van der Waals surface area contributed by atoms with Gasteiger partial charge in [-0.2, -0.15) is 0 Å². The number of hydrogen-bond acceptors (Lipinski definition) is 6. The highest BCUT2D eigenvalue weighted by Crippen LogP contribution is 2.37. The van der Waals surface area contributed by atoms with Crippen molar-refractivity contribution in [3.63, 3.8) is 0 Å². The Morgan fingerprint density at radius 1 is 1.08 bits per heavy atom. The van der Waals surface area contributed by atoms with Crippen molar-refractivity contribution >= 4 is 17.4 Å². The van der Waals surface area contributed by atoms with Crippen LogP contribution in [0.25, 0.3) is 0 Å². The molecule has 1 aliphatic rings. The van der Waals surface area contributed by atoms with Crippen LogP contribution in [0.4, 0.5) is 5.69 Å². The summed E-state index contributed by atoms with van der Waals surface area (Å²) >= 11 is 0. The number of amides is 1. The molecule has 3 rings (SSSR count). The van der Waals surface area contributed by atoms with Crippen LogP contribution < -0.4 is 24.3 Å². The lowest BCUT2D eigenvalue weighted by Gasteiger charge is -2.13. The summed E-state index contributed by atoms with van der Waals surface area (Å²) in [6.45, 7) is 3.64. The minimum atomic E-state index is -0.405. The predicted molar refractivity (Wildman–Crippen MR) is 94.3 cm³/mol. The number of ether oxygens (including phenoxy) is 4. The second-order valence-electron chi connectivity index (χ2n) is 5.52. The number of fused-ring (bicyclic) bond motifs is 1. The van der Waals surface area contributed by atoms with Gasteiger partial charge in [0.15, 0.2) is 35.4 Å². The summed E-state index contributed by atoms with van der Waals surface area (Å²) in [6.07, 6.45) is 0. The molecule has 26 heavy (non-hydrogen) atoms. The zero-order valence-electron chi connectivity index (χ0n) is 14.5. The topological polar surface area (TPSA) is 83.1 Å². The van der Waals surface area contributed by atoms with Gasteiger partial charge in [0.05, 0.1) is 12.3 Å². The van der Waals surface area contributed by atoms with Gasteiger partial charge >= 0.3 is 0 Å². The molecule has 7 nitrogen and oxygen atoms in total. The highest BCUT2D eigenvalue weighted by atomic mass is 16.7. The molecule has 0 saturated heterocycles. The zero-order valence-corrected chi connectivity index (χ0v) is 14.5. The molecule has 0 aliphatic carbocycles. The smallest absolute Gasteiger partial charge is 0.262 e. The summed E-state index contributed by atoms with van der Waals surface area (Å²) < 4.78 is 21.6. The van der Waals surface area contributed by atoms with Gasteiger partial charge in [0.2, 0.25) is 6.79 Å². The summed E-state index contributed by atoms with van der Waals surface area (Å²) in [4.78, 5) is 24.1. The average molecular weight is 357 g/mol. The number of para-hydroxylation sites is 2. The third kappa shape index (κ3) is 3.88. The van der Waals surface area contributed by atoms with Gasteiger partial charge in [-0.05, 0) is 32.0 Å². The monoisotopic (exact) mass is 357 g/mol. The predicted octanol–water partition coefficient (Wildman–Crippen LogP) is 3.03. The zero-order chi connectivity index (χ0) is 18.5. The van der Waals surface area contributed by atoms with E-state index in [0.717, 1.165) is 0 Å². The maximum Gasteiger partial charge on any atom is 0.262 e. The van der Waals surface area contributed by atoms with Crippen molar-refractivity contribution in [2.75, 3.05) is 25.3 Å². The van der Waals surface area contributed by atoms with Crippen LogP contribution in [0.3, 0.4) is 0 Å². The minimum Gasteiger partial charge on any atom is -0.490 e. The molecular weight excluding hydrogens is 338 g/mol. The molecule has 2 aromatic rings. The van der Waals surface area contributed by atoms with Crippen LogP contribution in [0.1, 0.15) is 24.2 Å². The van der Waals surface area contributed by atoms with E-state index in [2.05, 4.69) is 5.32 Å². The molecule has 1 N–H and O–H groups in total. The lowest BCUT2D eigenvalue weighted by molar-refractivity contribution is -0.118. The Morgan fingerprint density at radius 3 is 2.38 bits per heavy atom. The number of carbonyl (C=O) groups excluding carboxylic acids is 2. The van der Waals surface area contributed by atoms with E-state index < -0.39 is 5.91 Å². The van der Waals surface area contributed by atoms with E-state index >= 15 is 0 Å². The van der Waals surface area contributed by atoms with Gasteiger partial charge in [0.25, 0.3) is 5.91 Å². The third-order valence-electron chi connectivity index (χ3n) is 3.67. The number of nitrogens with one attached hydrogen (secondary N) is 1. The maximum absolute atomic E-state index is 12.3. The highest BCUT2D eigenvalue weighted by molar-refractivity contribution is 6.04. The Hall–Kier alpha value is -3.22. The van der Waals surface area contributed by atoms with Crippen LogP contribution >= 0.6 is 0 Å². The summed E-state index contributed by atoms with van der Waals surface area (Å²) in [5, 5.41) is 2.68. The normalized spacial score (nSPS) is 11.8. The van der Waals surface area contributed by atoms with Gasteiger partial charge in [-0.15, -0.1) is 0 Å². The Labute approximate surface area is 150 Å². The standard InChI is InChI=1S/C19H19NO6/c1-3-23-15-6-4-5-7-16(15)24-10-19(22)20-14-9-18-17(25-11-26-18)8-13(14)12(2)21/h4-9H,3,10-11H2,1-2H3,(H,20,22). The first-order valence-corrected chi connectivity index (χ1v) is 8.17. The third-order valence-corrected chi connectivity index (χ3v) is 3.67. The fourth-order valence-electron chi connectivity index (χ4n) is 2.51. The molecule has 1 heterocycles. The van der Waals surface area contributed by atoms with Gasteiger partial charge in [-0.1, -0.05) is 12.1 Å². The van der Waals surface area contributed by atoms with Crippen molar-refractivity contribution in [3.05, 3.63) is 42.0 Å². The van der Waals surface area contributed by atoms with Gasteiger partial charge in [0.1, 0.15) is 0 Å². The van der Waals surface area contributed by atoms with E-state index in [-0.39, 0.29) is 19.2 Å². The first-order valence-electron chi connectivity index (χ1n) is 8.17. The molecule has 0 saturated carbocycles. The number of hydrogen-bond donors (Lipinski definition) is 1. The summed E-state index contributed by atoms with van der Waals surface area (Å²) in [7, 11) is 0. The number of carbonyl (C=O) groups is 2. The number of ketones is 1. The summed E-state index contributed by atoms with van der Waals surface area (Å²) in [5.74, 6) is 1.40. The molecule has 0 radical (unpaired) electrons. The second-order valence-corrected chi connectivity index (χ2v) is 5.52. The van der Waals surface area contributed by atoms with E-state index in [9.17, 15) is 9.59 Å². The number of rotatable bonds is 7. The van der Waals surface area contributed by atoms with Crippen molar-refractivity contribution in [1.29, 1.82) is 0 Å². The Balaban J connectivity index is 1.70. The number of Topliss-reactive ketones (excluding diaryl/α,β-unsaturated/α-hetero) is 1. The molecule has 0 fully saturated rings. The summed E-state index contributed by atoms with van der Waals surface area (Å²) in [6, 6.07) is 10.2. The molecule has 0 spiro atoms. The molecule has 1 aliphatic heterocycles. The average Bonchev–Trinajstić information content (AvgIpc) is 3.08. The highest BCUT2D eigenvalue weighted by Gasteiger charge is 2.20. The molecule has 0 bridgehead atoms. The Bertz CT molecular complexity index is 833. The maximum atomic E-state index is 12.3. The lowest BCUT2D eigenvalue weighted by Crippen LogP contribution is -2.21. The van der Waals surface area contributed by atoms with Crippen molar-refractivity contribution in [2.24, 2.45) is 0 Å². The van der Waals surface area contributed by atoms with Crippen molar-refractivity contribution in [3.8, 4) is 23.0 Å². The van der Waals surface area contributed by atoms with Gasteiger partial charge in [-0.3, -0.25) is 9.59 Å². The van der Waals surface area contributed by atoms with Crippen LogP contribution in [0.15, 0.2) is 36.4 Å². The van der Waals surface area contributed by atoms with Crippen LogP contribution in [0.5, 0.6) is 23.0 Å². The first-order chi connectivity index (χ1) is 12.6. The molecular formula is C19H19NO6. The van der Waals surface area contributed by atoms with E-state index in [4.69, 9.17) is 18.9 Å². The summed E-state index contributed by atoms with van der Waals surface area (Å²) in [5.41, 5.74) is 0.700. The van der Waals surface area contributed by atoms with E-state index in [0.29, 0.717) is 40.9 Å². The van der Waals surface area contributed by atoms with Crippen LogP contribution in [-0.2, 0) is 4.79 Å². The molecule has 136 valence electrons. The van der Waals surface area contributed by atoms with Crippen LogP contribution in [0, 0.1) is 0 Å². The molecule has 0 aromatic heterocycles. The van der Waals surface area contributed by atoms with E-state index in [1.807, 2.05) is 13.0 Å². The van der Waals surface area contributed by atoms with Gasteiger partial charge in [0, 0.05) is 11.6 Å². The molecule has 2 aromatic carbocycles. The van der Waals surface area contributed by atoms with Crippen LogP contribution in [-0.4, -0.2) is 31.7 Å².